The summed E-state index contributed by atoms with van der Waals surface area (Å²) < 4.78 is 27.2. The second kappa shape index (κ2) is 9.00. The number of carbonyl (C=O) groups excluding carboxylic acids is 1. The van der Waals surface area contributed by atoms with E-state index in [1.807, 2.05) is 19.1 Å². The van der Waals surface area contributed by atoms with Crippen molar-refractivity contribution in [2.45, 2.75) is 57.8 Å². The van der Waals surface area contributed by atoms with E-state index in [2.05, 4.69) is 20.8 Å². The monoisotopic (exact) mass is 380 g/mol. The van der Waals surface area contributed by atoms with Gasteiger partial charge in [0.2, 0.25) is 15.9 Å². The fourth-order valence-corrected chi connectivity index (χ4v) is 4.79. The van der Waals surface area contributed by atoms with E-state index in [1.54, 1.807) is 17.0 Å². The van der Waals surface area contributed by atoms with E-state index in [-0.39, 0.29) is 11.8 Å². The largest absolute Gasteiger partial charge is 0.340 e. The molecule has 1 heterocycles. The van der Waals surface area contributed by atoms with Gasteiger partial charge < -0.3 is 4.90 Å². The van der Waals surface area contributed by atoms with Crippen LogP contribution in [0.1, 0.15) is 58.4 Å². The van der Waals surface area contributed by atoms with E-state index >= 15 is 0 Å². The normalized spacial score (nSPS) is 18.5. The molecule has 6 heteroatoms. The average molecular weight is 381 g/mol. The summed E-state index contributed by atoms with van der Waals surface area (Å²) in [7, 11) is -3.50. The Labute approximate surface area is 158 Å². The molecule has 1 saturated heterocycles. The quantitative estimate of drug-likeness (QED) is 0.728. The number of amides is 1. The van der Waals surface area contributed by atoms with Crippen molar-refractivity contribution < 1.29 is 13.2 Å². The molecule has 0 saturated carbocycles. The Morgan fingerprint density at radius 2 is 1.62 bits per heavy atom. The van der Waals surface area contributed by atoms with Crippen molar-refractivity contribution in [3.8, 4) is 0 Å². The van der Waals surface area contributed by atoms with Crippen LogP contribution in [0, 0.1) is 5.92 Å². The van der Waals surface area contributed by atoms with Crippen molar-refractivity contribution in [1.82, 2.24) is 9.21 Å². The van der Waals surface area contributed by atoms with Gasteiger partial charge in [-0.05, 0) is 36.5 Å². The molecular weight excluding hydrogens is 348 g/mol. The number of nitrogens with zero attached hydrogens (tertiary/aromatic N) is 2. The first-order valence-corrected chi connectivity index (χ1v) is 11.1. The molecule has 1 aliphatic heterocycles. The Morgan fingerprint density at radius 3 is 2.12 bits per heavy atom. The van der Waals surface area contributed by atoms with E-state index < -0.39 is 10.0 Å². The third kappa shape index (κ3) is 4.65. The van der Waals surface area contributed by atoms with Gasteiger partial charge in [-0.3, -0.25) is 4.79 Å². The number of hydrogen-bond acceptors (Lipinski definition) is 3. The zero-order valence-electron chi connectivity index (χ0n) is 16.4. The molecule has 0 aromatic heterocycles. The number of benzene rings is 1. The SMILES string of the molecule is CCCC(C)C(=O)N1CCN(S(=O)(=O)c2ccc(C(C)CC)cc2)CC1. The molecule has 2 rings (SSSR count). The molecule has 0 aliphatic carbocycles. The third-order valence-electron chi connectivity index (χ3n) is 5.39. The number of sulfonamides is 1. The molecule has 5 nitrogen and oxygen atoms in total. The average Bonchev–Trinajstić information content (AvgIpc) is 2.67. The highest BCUT2D eigenvalue weighted by Gasteiger charge is 2.31. The molecule has 1 aromatic carbocycles. The highest BCUT2D eigenvalue weighted by molar-refractivity contribution is 7.89. The second-order valence-electron chi connectivity index (χ2n) is 7.30. The first kappa shape index (κ1) is 20.9. The van der Waals surface area contributed by atoms with Gasteiger partial charge in [0.15, 0.2) is 0 Å². The zero-order valence-corrected chi connectivity index (χ0v) is 17.3. The molecular formula is C20H32N2O3S. The molecule has 1 amide bonds. The first-order valence-electron chi connectivity index (χ1n) is 9.70. The van der Waals surface area contributed by atoms with Crippen LogP contribution in [0.5, 0.6) is 0 Å². The van der Waals surface area contributed by atoms with Crippen LogP contribution in [0.2, 0.25) is 0 Å². The summed E-state index contributed by atoms with van der Waals surface area (Å²) in [5.74, 6) is 0.574. The maximum absolute atomic E-state index is 12.9. The Balaban J connectivity index is 2.02. The Hall–Kier alpha value is -1.40. The molecule has 2 atom stereocenters. The molecule has 146 valence electrons. The molecule has 0 bridgehead atoms. The van der Waals surface area contributed by atoms with Gasteiger partial charge >= 0.3 is 0 Å². The van der Waals surface area contributed by atoms with Crippen LogP contribution in [-0.4, -0.2) is 49.7 Å². The van der Waals surface area contributed by atoms with E-state index in [0.717, 1.165) is 24.8 Å². The third-order valence-corrected chi connectivity index (χ3v) is 7.31. The molecule has 0 N–H and O–H groups in total. The summed E-state index contributed by atoms with van der Waals surface area (Å²) in [6.07, 6.45) is 2.88. The van der Waals surface area contributed by atoms with Gasteiger partial charge in [-0.1, -0.05) is 46.2 Å². The molecule has 1 fully saturated rings. The Kier molecular flexibility index (Phi) is 7.24. The van der Waals surface area contributed by atoms with Gasteiger partial charge in [0.25, 0.3) is 0 Å². The van der Waals surface area contributed by atoms with Crippen LogP contribution in [0.25, 0.3) is 0 Å². The molecule has 0 spiro atoms. The number of hydrogen-bond donors (Lipinski definition) is 0. The highest BCUT2D eigenvalue weighted by atomic mass is 32.2. The lowest BCUT2D eigenvalue weighted by Gasteiger charge is -2.35. The van der Waals surface area contributed by atoms with Crippen molar-refractivity contribution in [3.05, 3.63) is 29.8 Å². The van der Waals surface area contributed by atoms with Crippen LogP contribution in [0.4, 0.5) is 0 Å². The molecule has 1 aliphatic rings. The van der Waals surface area contributed by atoms with Gasteiger partial charge in [-0.25, -0.2) is 8.42 Å². The van der Waals surface area contributed by atoms with Crippen molar-refractivity contribution in [1.29, 1.82) is 0 Å². The smallest absolute Gasteiger partial charge is 0.243 e. The summed E-state index contributed by atoms with van der Waals surface area (Å²) in [5, 5.41) is 0. The fourth-order valence-electron chi connectivity index (χ4n) is 3.37. The van der Waals surface area contributed by atoms with E-state index in [1.165, 1.54) is 4.31 Å². The predicted octanol–water partition coefficient (Wildman–Crippen LogP) is 3.47. The lowest BCUT2D eigenvalue weighted by atomic mass is 9.99. The van der Waals surface area contributed by atoms with Crippen LogP contribution in [0.3, 0.4) is 0 Å². The van der Waals surface area contributed by atoms with E-state index in [4.69, 9.17) is 0 Å². The molecule has 1 aromatic rings. The second-order valence-corrected chi connectivity index (χ2v) is 9.24. The summed E-state index contributed by atoms with van der Waals surface area (Å²) in [6.45, 7) is 9.94. The minimum Gasteiger partial charge on any atom is -0.340 e. The van der Waals surface area contributed by atoms with Gasteiger partial charge in [0.1, 0.15) is 0 Å². The van der Waals surface area contributed by atoms with Gasteiger partial charge in [-0.15, -0.1) is 0 Å². The van der Waals surface area contributed by atoms with E-state index in [0.29, 0.717) is 37.0 Å². The molecule has 0 radical (unpaired) electrons. The number of carbonyl (C=O) groups is 1. The van der Waals surface area contributed by atoms with E-state index in [9.17, 15) is 13.2 Å². The van der Waals surface area contributed by atoms with Crippen LogP contribution < -0.4 is 0 Å². The molecule has 2 unspecified atom stereocenters. The maximum Gasteiger partial charge on any atom is 0.243 e. The first-order chi connectivity index (χ1) is 12.3. The lowest BCUT2D eigenvalue weighted by molar-refractivity contribution is -0.136. The number of piperazine rings is 1. The van der Waals surface area contributed by atoms with Crippen molar-refractivity contribution in [2.75, 3.05) is 26.2 Å². The zero-order chi connectivity index (χ0) is 19.3. The topological polar surface area (TPSA) is 57.7 Å². The predicted molar refractivity (Wildman–Crippen MR) is 105 cm³/mol. The minimum absolute atomic E-state index is 0.0104. The van der Waals surface area contributed by atoms with Gasteiger partial charge in [0, 0.05) is 32.1 Å². The number of rotatable bonds is 7. The van der Waals surface area contributed by atoms with Crippen molar-refractivity contribution in [3.63, 3.8) is 0 Å². The minimum atomic E-state index is -3.50. The standard InChI is InChI=1S/C20H32N2O3S/c1-5-7-17(4)20(23)21-12-14-22(15-13-21)26(24,25)19-10-8-18(9-11-19)16(3)6-2/h8-11,16-17H,5-7,12-15H2,1-4H3. The van der Waals surface area contributed by atoms with Crippen molar-refractivity contribution >= 4 is 15.9 Å². The lowest BCUT2D eigenvalue weighted by Crippen LogP contribution is -2.51. The Bertz CT molecular complexity index is 692. The fraction of sp³-hybridized carbons (Fsp3) is 0.650. The van der Waals surface area contributed by atoms with Crippen LogP contribution in [0.15, 0.2) is 29.2 Å². The summed E-state index contributed by atoms with van der Waals surface area (Å²) in [4.78, 5) is 14.5. The molecule has 26 heavy (non-hydrogen) atoms. The van der Waals surface area contributed by atoms with Gasteiger partial charge in [0.05, 0.1) is 4.90 Å². The summed E-state index contributed by atoms with van der Waals surface area (Å²) >= 11 is 0. The Morgan fingerprint density at radius 1 is 1.04 bits per heavy atom. The van der Waals surface area contributed by atoms with Gasteiger partial charge in [-0.2, -0.15) is 4.31 Å². The van der Waals surface area contributed by atoms with Crippen LogP contribution >= 0.6 is 0 Å². The van der Waals surface area contributed by atoms with Crippen LogP contribution in [-0.2, 0) is 14.8 Å². The van der Waals surface area contributed by atoms with Crippen molar-refractivity contribution in [2.24, 2.45) is 5.92 Å². The summed E-state index contributed by atoms with van der Waals surface area (Å²) in [5.41, 5.74) is 1.16. The summed E-state index contributed by atoms with van der Waals surface area (Å²) in [6, 6.07) is 7.23. The maximum atomic E-state index is 12.9. The highest BCUT2D eigenvalue weighted by Crippen LogP contribution is 2.23.